The number of benzene rings is 2. The number of aliphatic hydroxyl groups excluding tert-OH is 1. The van der Waals surface area contributed by atoms with Crippen molar-refractivity contribution in [3.05, 3.63) is 48.0 Å². The molecule has 1 amide bonds. The van der Waals surface area contributed by atoms with Crippen LogP contribution in [0.4, 0.5) is 0 Å². The van der Waals surface area contributed by atoms with Crippen LogP contribution in [0.2, 0.25) is 0 Å². The molecule has 0 aliphatic carbocycles. The average Bonchev–Trinajstić information content (AvgIpc) is 2.50. The Morgan fingerprint density at radius 2 is 1.81 bits per heavy atom. The van der Waals surface area contributed by atoms with Gasteiger partial charge in [0, 0.05) is 6.92 Å². The van der Waals surface area contributed by atoms with Gasteiger partial charge in [0.25, 0.3) is 0 Å². The van der Waals surface area contributed by atoms with Crippen LogP contribution in [-0.2, 0) is 14.3 Å². The van der Waals surface area contributed by atoms with Crippen LogP contribution in [0.5, 0.6) is 0 Å². The van der Waals surface area contributed by atoms with Gasteiger partial charge in [0.15, 0.2) is 6.04 Å². The molecule has 2 rings (SSSR count). The molecule has 5 heteroatoms. The van der Waals surface area contributed by atoms with E-state index in [0.29, 0.717) is 5.56 Å². The number of rotatable bonds is 4. The second kappa shape index (κ2) is 6.37. The molecule has 2 aromatic rings. The summed E-state index contributed by atoms with van der Waals surface area (Å²) in [6.45, 7) is 1.28. The molecule has 0 saturated heterocycles. The highest BCUT2D eigenvalue weighted by Crippen LogP contribution is 2.23. The first kappa shape index (κ1) is 15.0. The maximum absolute atomic E-state index is 11.7. The molecule has 0 saturated carbocycles. The number of fused-ring (bicyclic) bond motifs is 1. The second-order valence-electron chi connectivity index (χ2n) is 4.75. The van der Waals surface area contributed by atoms with E-state index in [4.69, 9.17) is 0 Å². The van der Waals surface area contributed by atoms with E-state index in [9.17, 15) is 14.7 Å². The van der Waals surface area contributed by atoms with Crippen molar-refractivity contribution in [1.29, 1.82) is 0 Å². The number of esters is 1. The first-order chi connectivity index (χ1) is 10.0. The smallest absolute Gasteiger partial charge is 0.331 e. The molecule has 2 atom stereocenters. The lowest BCUT2D eigenvalue weighted by atomic mass is 9.99. The fourth-order valence-electron chi connectivity index (χ4n) is 2.20. The van der Waals surface area contributed by atoms with Crippen LogP contribution in [0.25, 0.3) is 10.8 Å². The largest absolute Gasteiger partial charge is 0.467 e. The van der Waals surface area contributed by atoms with Crippen LogP contribution in [-0.4, -0.2) is 30.1 Å². The zero-order valence-corrected chi connectivity index (χ0v) is 11.9. The molecule has 0 unspecified atom stereocenters. The monoisotopic (exact) mass is 287 g/mol. The van der Waals surface area contributed by atoms with E-state index < -0.39 is 24.0 Å². The van der Waals surface area contributed by atoms with Crippen LogP contribution in [0.15, 0.2) is 42.5 Å². The summed E-state index contributed by atoms with van der Waals surface area (Å²) in [5.74, 6) is -1.10. The van der Waals surface area contributed by atoms with Crippen molar-refractivity contribution in [3.63, 3.8) is 0 Å². The minimum Gasteiger partial charge on any atom is -0.467 e. The molecule has 21 heavy (non-hydrogen) atoms. The number of carbonyl (C=O) groups excluding carboxylic acids is 2. The second-order valence-corrected chi connectivity index (χ2v) is 4.75. The fraction of sp³-hybridized carbons (Fsp3) is 0.250. The van der Waals surface area contributed by atoms with Crippen molar-refractivity contribution in [1.82, 2.24) is 5.32 Å². The van der Waals surface area contributed by atoms with Gasteiger partial charge in [-0.2, -0.15) is 0 Å². The minimum absolute atomic E-state index is 0.412. The number of hydrogen-bond donors (Lipinski definition) is 2. The molecule has 0 heterocycles. The zero-order valence-electron chi connectivity index (χ0n) is 11.9. The maximum atomic E-state index is 11.7. The molecule has 0 aliphatic heterocycles. The van der Waals surface area contributed by atoms with Gasteiger partial charge < -0.3 is 15.2 Å². The molecule has 0 spiro atoms. The summed E-state index contributed by atoms with van der Waals surface area (Å²) in [7, 11) is 1.21. The SMILES string of the molecule is COC(=O)[C@@H](NC(C)=O)[C@@H](O)c1ccc2ccccc2c1. The lowest BCUT2D eigenvalue weighted by molar-refractivity contribution is -0.148. The molecule has 0 aliphatic rings. The number of carbonyl (C=O) groups is 2. The van der Waals surface area contributed by atoms with Gasteiger partial charge in [-0.25, -0.2) is 4.79 Å². The van der Waals surface area contributed by atoms with Gasteiger partial charge in [-0.1, -0.05) is 36.4 Å². The predicted octanol–water partition coefficient (Wildman–Crippen LogP) is 1.55. The third-order valence-electron chi connectivity index (χ3n) is 3.24. The first-order valence-corrected chi connectivity index (χ1v) is 6.54. The Morgan fingerprint density at radius 3 is 2.43 bits per heavy atom. The van der Waals surface area contributed by atoms with E-state index in [1.165, 1.54) is 14.0 Å². The summed E-state index contributed by atoms with van der Waals surface area (Å²) in [5, 5.41) is 14.8. The predicted molar refractivity (Wildman–Crippen MR) is 78.5 cm³/mol. The Labute approximate surface area is 122 Å². The third-order valence-corrected chi connectivity index (χ3v) is 3.24. The van der Waals surface area contributed by atoms with Crippen LogP contribution in [0.1, 0.15) is 18.6 Å². The molecule has 110 valence electrons. The maximum Gasteiger partial charge on any atom is 0.331 e. The van der Waals surface area contributed by atoms with E-state index in [2.05, 4.69) is 10.1 Å². The molecule has 2 aromatic carbocycles. The normalized spacial score (nSPS) is 13.5. The van der Waals surface area contributed by atoms with Gasteiger partial charge >= 0.3 is 5.97 Å². The minimum atomic E-state index is -1.18. The summed E-state index contributed by atoms with van der Waals surface area (Å²) in [4.78, 5) is 22.9. The summed E-state index contributed by atoms with van der Waals surface area (Å²) in [6, 6.07) is 11.9. The van der Waals surface area contributed by atoms with E-state index >= 15 is 0 Å². The van der Waals surface area contributed by atoms with Gasteiger partial charge in [0.2, 0.25) is 5.91 Å². The molecule has 0 bridgehead atoms. The van der Waals surface area contributed by atoms with Gasteiger partial charge in [0.05, 0.1) is 7.11 Å². The fourth-order valence-corrected chi connectivity index (χ4v) is 2.20. The standard InChI is InChI=1S/C16H17NO4/c1-10(18)17-14(16(20)21-2)15(19)13-8-7-11-5-3-4-6-12(11)9-13/h3-9,14-15,19H,1-2H3,(H,17,18)/t14-,15-/m0/s1. The van der Waals surface area contributed by atoms with E-state index in [0.717, 1.165) is 10.8 Å². The van der Waals surface area contributed by atoms with Gasteiger partial charge in [-0.3, -0.25) is 4.79 Å². The molecular formula is C16H17NO4. The molecule has 5 nitrogen and oxygen atoms in total. The van der Waals surface area contributed by atoms with Crippen molar-refractivity contribution >= 4 is 22.6 Å². The molecular weight excluding hydrogens is 270 g/mol. The van der Waals surface area contributed by atoms with Crippen LogP contribution in [0.3, 0.4) is 0 Å². The Balaban J connectivity index is 2.35. The summed E-state index contributed by atoms with van der Waals surface area (Å²) in [5.41, 5.74) is 0.540. The van der Waals surface area contributed by atoms with Crippen molar-refractivity contribution in [3.8, 4) is 0 Å². The van der Waals surface area contributed by atoms with Gasteiger partial charge in [-0.15, -0.1) is 0 Å². The number of aliphatic hydroxyl groups is 1. The number of methoxy groups -OCH3 is 1. The summed E-state index contributed by atoms with van der Waals surface area (Å²) < 4.78 is 4.63. The Bertz CT molecular complexity index is 668. The third kappa shape index (κ3) is 3.38. The summed E-state index contributed by atoms with van der Waals surface area (Å²) in [6.07, 6.45) is -1.18. The highest BCUT2D eigenvalue weighted by atomic mass is 16.5. The number of ether oxygens (including phenoxy) is 1. The topological polar surface area (TPSA) is 75.6 Å². The Kier molecular flexibility index (Phi) is 4.55. The zero-order chi connectivity index (χ0) is 15.4. The van der Waals surface area contributed by atoms with Crippen LogP contribution >= 0.6 is 0 Å². The van der Waals surface area contributed by atoms with Crippen molar-refractivity contribution in [2.75, 3.05) is 7.11 Å². The van der Waals surface area contributed by atoms with Crippen molar-refractivity contribution in [2.45, 2.75) is 19.1 Å². The molecule has 0 radical (unpaired) electrons. The Morgan fingerprint density at radius 1 is 1.14 bits per heavy atom. The number of amides is 1. The van der Waals surface area contributed by atoms with Gasteiger partial charge in [-0.05, 0) is 22.4 Å². The van der Waals surface area contributed by atoms with Crippen molar-refractivity contribution < 1.29 is 19.4 Å². The van der Waals surface area contributed by atoms with Crippen molar-refractivity contribution in [2.24, 2.45) is 0 Å². The summed E-state index contributed by atoms with van der Waals surface area (Å²) >= 11 is 0. The van der Waals surface area contributed by atoms with Crippen LogP contribution < -0.4 is 5.32 Å². The molecule has 0 fully saturated rings. The first-order valence-electron chi connectivity index (χ1n) is 6.54. The highest BCUT2D eigenvalue weighted by Gasteiger charge is 2.29. The lowest BCUT2D eigenvalue weighted by Crippen LogP contribution is -2.44. The quantitative estimate of drug-likeness (QED) is 0.837. The van der Waals surface area contributed by atoms with Crippen LogP contribution in [0, 0.1) is 0 Å². The van der Waals surface area contributed by atoms with E-state index in [1.807, 2.05) is 30.3 Å². The van der Waals surface area contributed by atoms with Gasteiger partial charge in [0.1, 0.15) is 6.10 Å². The molecule has 2 N–H and O–H groups in total. The van der Waals surface area contributed by atoms with E-state index in [-0.39, 0.29) is 0 Å². The highest BCUT2D eigenvalue weighted by molar-refractivity contribution is 5.85. The van der Waals surface area contributed by atoms with E-state index in [1.54, 1.807) is 12.1 Å². The number of nitrogens with one attached hydrogen (secondary N) is 1. The molecule has 0 aromatic heterocycles. The average molecular weight is 287 g/mol. The Hall–Kier alpha value is -2.40. The number of hydrogen-bond acceptors (Lipinski definition) is 4. The lowest BCUT2D eigenvalue weighted by Gasteiger charge is -2.22.